The maximum atomic E-state index is 5.52. The topological polar surface area (TPSA) is 34.1 Å². The number of benzene rings is 1. The zero-order valence-electron chi connectivity index (χ0n) is 9.94. The number of hydrogen-bond acceptors (Lipinski definition) is 3. The van der Waals surface area contributed by atoms with Crippen LogP contribution in [0.5, 0.6) is 5.88 Å². The van der Waals surface area contributed by atoms with Crippen molar-refractivity contribution in [2.45, 2.75) is 25.8 Å². The second-order valence-corrected chi connectivity index (χ2v) is 4.40. The van der Waals surface area contributed by atoms with Crippen LogP contribution in [0.1, 0.15) is 19.8 Å². The summed E-state index contributed by atoms with van der Waals surface area (Å²) in [7, 11) is 0. The van der Waals surface area contributed by atoms with Gasteiger partial charge in [-0.3, -0.25) is 0 Å². The average Bonchev–Trinajstić information content (AvgIpc) is 3.13. The summed E-state index contributed by atoms with van der Waals surface area (Å²) < 4.78 is 5.52. The first-order valence-electron chi connectivity index (χ1n) is 6.15. The molecular formula is C14H16N2O. The molecule has 0 amide bonds. The molecule has 17 heavy (non-hydrogen) atoms. The van der Waals surface area contributed by atoms with Crippen LogP contribution in [0.15, 0.2) is 30.5 Å². The first kappa shape index (κ1) is 10.4. The second-order valence-electron chi connectivity index (χ2n) is 4.40. The van der Waals surface area contributed by atoms with Crippen LogP contribution in [-0.2, 0) is 0 Å². The van der Waals surface area contributed by atoms with Gasteiger partial charge in [0.2, 0.25) is 5.88 Å². The molecule has 0 radical (unpaired) electrons. The standard InChI is InChI=1S/C14H16N2O/c1-2-17-14-13-6-5-12(16-11-3-4-11)9-10(13)7-8-15-14/h5-9,11,16H,2-4H2,1H3. The van der Waals surface area contributed by atoms with Gasteiger partial charge >= 0.3 is 0 Å². The van der Waals surface area contributed by atoms with E-state index in [4.69, 9.17) is 4.74 Å². The van der Waals surface area contributed by atoms with E-state index >= 15 is 0 Å². The normalized spacial score (nSPS) is 14.9. The lowest BCUT2D eigenvalue weighted by Gasteiger charge is -2.09. The minimum absolute atomic E-state index is 0.647. The fourth-order valence-electron chi connectivity index (χ4n) is 1.96. The van der Waals surface area contributed by atoms with Crippen molar-refractivity contribution in [3.63, 3.8) is 0 Å². The fraction of sp³-hybridized carbons (Fsp3) is 0.357. The Morgan fingerprint density at radius 1 is 1.35 bits per heavy atom. The number of ether oxygens (including phenoxy) is 1. The van der Waals surface area contributed by atoms with Gasteiger partial charge in [-0.05, 0) is 49.4 Å². The van der Waals surface area contributed by atoms with Crippen molar-refractivity contribution in [1.29, 1.82) is 0 Å². The highest BCUT2D eigenvalue weighted by Crippen LogP contribution is 2.29. The van der Waals surface area contributed by atoms with Crippen LogP contribution in [0.2, 0.25) is 0 Å². The minimum atomic E-state index is 0.647. The Bertz CT molecular complexity index is 535. The summed E-state index contributed by atoms with van der Waals surface area (Å²) in [6.45, 7) is 2.62. The van der Waals surface area contributed by atoms with E-state index in [9.17, 15) is 0 Å². The Morgan fingerprint density at radius 2 is 2.24 bits per heavy atom. The molecule has 1 aliphatic rings. The third kappa shape index (κ3) is 2.18. The van der Waals surface area contributed by atoms with Gasteiger partial charge in [0, 0.05) is 23.3 Å². The molecule has 1 saturated carbocycles. The zero-order chi connectivity index (χ0) is 11.7. The van der Waals surface area contributed by atoms with Gasteiger partial charge in [0.15, 0.2) is 0 Å². The number of pyridine rings is 1. The van der Waals surface area contributed by atoms with E-state index in [0.29, 0.717) is 12.6 Å². The van der Waals surface area contributed by atoms with Crippen molar-refractivity contribution >= 4 is 16.5 Å². The molecule has 0 spiro atoms. The van der Waals surface area contributed by atoms with Gasteiger partial charge < -0.3 is 10.1 Å². The Balaban J connectivity index is 1.98. The molecule has 0 unspecified atom stereocenters. The highest BCUT2D eigenvalue weighted by Gasteiger charge is 2.20. The largest absolute Gasteiger partial charge is 0.478 e. The molecule has 0 aliphatic heterocycles. The van der Waals surface area contributed by atoms with Gasteiger partial charge in [-0.2, -0.15) is 0 Å². The Hall–Kier alpha value is -1.77. The molecule has 1 N–H and O–H groups in total. The molecule has 1 aliphatic carbocycles. The molecular weight excluding hydrogens is 212 g/mol. The lowest BCUT2D eigenvalue weighted by atomic mass is 10.1. The van der Waals surface area contributed by atoms with Crippen LogP contribution in [0.25, 0.3) is 10.8 Å². The molecule has 3 nitrogen and oxygen atoms in total. The number of nitrogens with zero attached hydrogens (tertiary/aromatic N) is 1. The van der Waals surface area contributed by atoms with Gasteiger partial charge in [0.05, 0.1) is 6.61 Å². The summed E-state index contributed by atoms with van der Waals surface area (Å²) in [5.41, 5.74) is 1.19. The van der Waals surface area contributed by atoms with Gasteiger partial charge in [-0.1, -0.05) is 0 Å². The van der Waals surface area contributed by atoms with Crippen LogP contribution in [0.3, 0.4) is 0 Å². The van der Waals surface area contributed by atoms with Crippen LogP contribution < -0.4 is 10.1 Å². The summed E-state index contributed by atoms with van der Waals surface area (Å²) in [6.07, 6.45) is 4.38. The maximum Gasteiger partial charge on any atom is 0.221 e. The van der Waals surface area contributed by atoms with E-state index in [1.165, 1.54) is 23.9 Å². The predicted octanol–water partition coefficient (Wildman–Crippen LogP) is 3.21. The van der Waals surface area contributed by atoms with Crippen LogP contribution in [-0.4, -0.2) is 17.6 Å². The molecule has 3 heteroatoms. The molecule has 1 aromatic heterocycles. The van der Waals surface area contributed by atoms with Gasteiger partial charge in [-0.15, -0.1) is 0 Å². The first-order chi connectivity index (χ1) is 8.36. The number of fused-ring (bicyclic) bond motifs is 1. The first-order valence-corrected chi connectivity index (χ1v) is 6.15. The lowest BCUT2D eigenvalue weighted by Crippen LogP contribution is -2.00. The summed E-state index contributed by atoms with van der Waals surface area (Å²) >= 11 is 0. The summed E-state index contributed by atoms with van der Waals surface area (Å²) in [4.78, 5) is 4.26. The quantitative estimate of drug-likeness (QED) is 0.872. The third-order valence-electron chi connectivity index (χ3n) is 2.96. The molecule has 0 bridgehead atoms. The van der Waals surface area contributed by atoms with Crippen molar-refractivity contribution in [2.24, 2.45) is 0 Å². The van der Waals surface area contributed by atoms with Gasteiger partial charge in [0.1, 0.15) is 0 Å². The van der Waals surface area contributed by atoms with Crippen molar-refractivity contribution in [1.82, 2.24) is 4.98 Å². The number of nitrogens with one attached hydrogen (secondary N) is 1. The summed E-state index contributed by atoms with van der Waals surface area (Å²) in [5, 5.41) is 5.75. The number of hydrogen-bond donors (Lipinski definition) is 1. The highest BCUT2D eigenvalue weighted by molar-refractivity contribution is 5.89. The second kappa shape index (κ2) is 4.24. The van der Waals surface area contributed by atoms with Crippen LogP contribution >= 0.6 is 0 Å². The fourth-order valence-corrected chi connectivity index (χ4v) is 1.96. The Kier molecular flexibility index (Phi) is 2.59. The summed E-state index contributed by atoms with van der Waals surface area (Å²) in [6, 6.07) is 9.05. The third-order valence-corrected chi connectivity index (χ3v) is 2.96. The smallest absolute Gasteiger partial charge is 0.221 e. The molecule has 88 valence electrons. The number of rotatable bonds is 4. The molecule has 0 saturated heterocycles. The Labute approximate surface area is 101 Å². The van der Waals surface area contributed by atoms with E-state index in [0.717, 1.165) is 11.3 Å². The van der Waals surface area contributed by atoms with Crippen molar-refractivity contribution < 1.29 is 4.74 Å². The lowest BCUT2D eigenvalue weighted by molar-refractivity contribution is 0.331. The van der Waals surface area contributed by atoms with Gasteiger partial charge in [0.25, 0.3) is 0 Å². The molecule has 2 aromatic rings. The molecule has 0 atom stereocenters. The van der Waals surface area contributed by atoms with Gasteiger partial charge in [-0.25, -0.2) is 4.98 Å². The predicted molar refractivity (Wildman–Crippen MR) is 69.6 cm³/mol. The van der Waals surface area contributed by atoms with E-state index in [1.54, 1.807) is 6.20 Å². The minimum Gasteiger partial charge on any atom is -0.478 e. The summed E-state index contributed by atoms with van der Waals surface area (Å²) in [5.74, 6) is 0.725. The van der Waals surface area contributed by atoms with Crippen molar-refractivity contribution in [3.8, 4) is 5.88 Å². The van der Waals surface area contributed by atoms with Crippen LogP contribution in [0.4, 0.5) is 5.69 Å². The molecule has 3 rings (SSSR count). The van der Waals surface area contributed by atoms with Crippen molar-refractivity contribution in [3.05, 3.63) is 30.5 Å². The SMILES string of the molecule is CCOc1nccc2cc(NC3CC3)ccc12. The van der Waals surface area contributed by atoms with E-state index in [1.807, 2.05) is 13.0 Å². The van der Waals surface area contributed by atoms with Crippen LogP contribution in [0, 0.1) is 0 Å². The maximum absolute atomic E-state index is 5.52. The average molecular weight is 228 g/mol. The monoisotopic (exact) mass is 228 g/mol. The van der Waals surface area contributed by atoms with E-state index < -0.39 is 0 Å². The zero-order valence-corrected chi connectivity index (χ0v) is 9.94. The molecule has 1 fully saturated rings. The van der Waals surface area contributed by atoms with E-state index in [-0.39, 0.29) is 0 Å². The van der Waals surface area contributed by atoms with E-state index in [2.05, 4.69) is 28.5 Å². The number of anilines is 1. The van der Waals surface area contributed by atoms with Crippen molar-refractivity contribution in [2.75, 3.05) is 11.9 Å². The Morgan fingerprint density at radius 3 is 3.00 bits per heavy atom. The molecule has 1 heterocycles. The number of aromatic nitrogens is 1. The molecule has 1 aromatic carbocycles. The highest BCUT2D eigenvalue weighted by atomic mass is 16.5.